The summed E-state index contributed by atoms with van der Waals surface area (Å²) in [6, 6.07) is 8.32. The predicted octanol–water partition coefficient (Wildman–Crippen LogP) is 2.63. The van der Waals surface area contributed by atoms with Gasteiger partial charge in [-0.2, -0.15) is 0 Å². The highest BCUT2D eigenvalue weighted by Gasteiger charge is 2.38. The summed E-state index contributed by atoms with van der Waals surface area (Å²) in [4.78, 5) is 14.5. The van der Waals surface area contributed by atoms with Crippen molar-refractivity contribution in [3.05, 3.63) is 35.4 Å². The Morgan fingerprint density at radius 2 is 2.00 bits per heavy atom. The molecular formula is C17H26N2O2. The third kappa shape index (κ3) is 3.83. The Morgan fingerprint density at radius 3 is 2.62 bits per heavy atom. The van der Waals surface area contributed by atoms with Gasteiger partial charge in [0.05, 0.1) is 12.6 Å². The maximum absolute atomic E-state index is 12.6. The highest BCUT2D eigenvalue weighted by atomic mass is 16.5. The summed E-state index contributed by atoms with van der Waals surface area (Å²) in [7, 11) is 1.67. The van der Waals surface area contributed by atoms with Gasteiger partial charge in [-0.15, -0.1) is 0 Å². The van der Waals surface area contributed by atoms with Crippen LogP contribution in [0.15, 0.2) is 24.3 Å². The lowest BCUT2D eigenvalue weighted by molar-refractivity contribution is -0.130. The molecule has 4 nitrogen and oxygen atoms in total. The number of carbonyl (C=O) groups is 1. The van der Waals surface area contributed by atoms with Crippen molar-refractivity contribution in [1.29, 1.82) is 0 Å². The van der Waals surface area contributed by atoms with Crippen molar-refractivity contribution in [2.45, 2.75) is 45.3 Å². The molecule has 1 amide bonds. The van der Waals surface area contributed by atoms with Crippen molar-refractivity contribution in [2.75, 3.05) is 20.3 Å². The Hall–Kier alpha value is -1.39. The first-order chi connectivity index (χ1) is 10.2. The molecular weight excluding hydrogens is 264 g/mol. The number of nitrogens with zero attached hydrogens (tertiary/aromatic N) is 1. The predicted molar refractivity (Wildman–Crippen MR) is 84.0 cm³/mol. The van der Waals surface area contributed by atoms with Gasteiger partial charge >= 0.3 is 0 Å². The molecule has 0 spiro atoms. The summed E-state index contributed by atoms with van der Waals surface area (Å²) in [5, 5.41) is 3.49. The van der Waals surface area contributed by atoms with Crippen LogP contribution in [-0.2, 0) is 9.53 Å². The molecule has 1 aliphatic heterocycles. The van der Waals surface area contributed by atoms with Gasteiger partial charge in [0.1, 0.15) is 6.17 Å². The third-order valence-electron chi connectivity index (χ3n) is 4.03. The standard InChI is InChI=1S/C17H26N2O2/c1-4-5-6-15-17(20)19(11-12-21-3)16(18-15)14-9-7-13(2)8-10-14/h7-10,15-16,18H,4-6,11-12H2,1-3H3. The van der Waals surface area contributed by atoms with Crippen LogP contribution in [0.25, 0.3) is 0 Å². The normalized spacial score (nSPS) is 22.0. The van der Waals surface area contributed by atoms with E-state index in [9.17, 15) is 4.79 Å². The minimum atomic E-state index is -0.0619. The molecule has 2 atom stereocenters. The number of nitrogens with one attached hydrogen (secondary N) is 1. The minimum absolute atomic E-state index is 0.0323. The molecule has 21 heavy (non-hydrogen) atoms. The van der Waals surface area contributed by atoms with E-state index in [1.54, 1.807) is 7.11 Å². The summed E-state index contributed by atoms with van der Waals surface area (Å²) >= 11 is 0. The van der Waals surface area contributed by atoms with E-state index in [4.69, 9.17) is 4.74 Å². The van der Waals surface area contributed by atoms with Crippen LogP contribution in [0.4, 0.5) is 0 Å². The van der Waals surface area contributed by atoms with Gasteiger partial charge in [-0.1, -0.05) is 49.6 Å². The Morgan fingerprint density at radius 1 is 1.29 bits per heavy atom. The highest BCUT2D eigenvalue weighted by Crippen LogP contribution is 2.27. The van der Waals surface area contributed by atoms with Crippen LogP contribution in [0.1, 0.15) is 43.5 Å². The zero-order valence-electron chi connectivity index (χ0n) is 13.3. The van der Waals surface area contributed by atoms with Crippen LogP contribution in [0.3, 0.4) is 0 Å². The second-order valence-corrected chi connectivity index (χ2v) is 5.70. The molecule has 1 saturated heterocycles. The van der Waals surface area contributed by atoms with Gasteiger partial charge in [0.15, 0.2) is 0 Å². The molecule has 0 aromatic heterocycles. The lowest BCUT2D eigenvalue weighted by Crippen LogP contribution is -2.33. The summed E-state index contributed by atoms with van der Waals surface area (Å²) in [6.07, 6.45) is 3.05. The van der Waals surface area contributed by atoms with Gasteiger partial charge in [0.25, 0.3) is 0 Å². The molecule has 1 N–H and O–H groups in total. The van der Waals surface area contributed by atoms with Gasteiger partial charge in [0.2, 0.25) is 5.91 Å². The number of hydrogen-bond donors (Lipinski definition) is 1. The molecule has 0 aliphatic carbocycles. The van der Waals surface area contributed by atoms with Gasteiger partial charge in [-0.25, -0.2) is 0 Å². The fraction of sp³-hybridized carbons (Fsp3) is 0.588. The molecule has 116 valence electrons. The van der Waals surface area contributed by atoms with E-state index in [0.717, 1.165) is 24.8 Å². The second kappa shape index (κ2) is 7.57. The van der Waals surface area contributed by atoms with Crippen LogP contribution >= 0.6 is 0 Å². The van der Waals surface area contributed by atoms with E-state index in [2.05, 4.69) is 43.4 Å². The van der Waals surface area contributed by atoms with Crippen molar-refractivity contribution in [3.8, 4) is 0 Å². The smallest absolute Gasteiger partial charge is 0.241 e. The lowest BCUT2D eigenvalue weighted by Gasteiger charge is -2.24. The molecule has 4 heteroatoms. The summed E-state index contributed by atoms with van der Waals surface area (Å²) in [5.41, 5.74) is 2.37. The van der Waals surface area contributed by atoms with E-state index in [1.165, 1.54) is 5.56 Å². The number of unbranched alkanes of at least 4 members (excludes halogenated alkanes) is 1. The molecule has 1 aliphatic rings. The van der Waals surface area contributed by atoms with Crippen molar-refractivity contribution in [3.63, 3.8) is 0 Å². The summed E-state index contributed by atoms with van der Waals surface area (Å²) < 4.78 is 5.15. The number of ether oxygens (including phenoxy) is 1. The average molecular weight is 290 g/mol. The largest absolute Gasteiger partial charge is 0.383 e. The number of aryl methyl sites for hydroxylation is 1. The van der Waals surface area contributed by atoms with Gasteiger partial charge in [-0.05, 0) is 18.9 Å². The lowest BCUT2D eigenvalue weighted by atomic mass is 10.1. The zero-order valence-corrected chi connectivity index (χ0v) is 13.3. The Kier molecular flexibility index (Phi) is 5.76. The Bertz CT molecular complexity index is 458. The van der Waals surface area contributed by atoms with Crippen LogP contribution in [0.2, 0.25) is 0 Å². The fourth-order valence-electron chi connectivity index (χ4n) is 2.75. The SMILES string of the molecule is CCCCC1NC(c2ccc(C)cc2)N(CCOC)C1=O. The van der Waals surface area contributed by atoms with Crippen molar-refractivity contribution in [1.82, 2.24) is 10.2 Å². The first-order valence-corrected chi connectivity index (χ1v) is 7.79. The van der Waals surface area contributed by atoms with Gasteiger partial charge in [-0.3, -0.25) is 10.1 Å². The van der Waals surface area contributed by atoms with Crippen LogP contribution in [0, 0.1) is 6.92 Å². The number of benzene rings is 1. The highest BCUT2D eigenvalue weighted by molar-refractivity contribution is 5.84. The summed E-state index contributed by atoms with van der Waals surface area (Å²) in [6.45, 7) is 5.42. The average Bonchev–Trinajstić information content (AvgIpc) is 2.80. The van der Waals surface area contributed by atoms with Crippen molar-refractivity contribution in [2.24, 2.45) is 0 Å². The Balaban J connectivity index is 2.15. The van der Waals surface area contributed by atoms with E-state index in [-0.39, 0.29) is 18.1 Å². The van der Waals surface area contributed by atoms with Crippen LogP contribution in [-0.4, -0.2) is 37.1 Å². The van der Waals surface area contributed by atoms with Crippen molar-refractivity contribution >= 4 is 5.91 Å². The quantitative estimate of drug-likeness (QED) is 0.839. The number of methoxy groups -OCH3 is 1. The third-order valence-corrected chi connectivity index (χ3v) is 4.03. The molecule has 1 aromatic rings. The molecule has 0 radical (unpaired) electrons. The molecule has 0 bridgehead atoms. The molecule has 0 saturated carbocycles. The fourth-order valence-corrected chi connectivity index (χ4v) is 2.75. The van der Waals surface area contributed by atoms with Crippen LogP contribution in [0.5, 0.6) is 0 Å². The molecule has 1 aromatic carbocycles. The van der Waals surface area contributed by atoms with E-state index in [0.29, 0.717) is 13.2 Å². The maximum atomic E-state index is 12.6. The van der Waals surface area contributed by atoms with Gasteiger partial charge in [0, 0.05) is 13.7 Å². The number of carbonyl (C=O) groups excluding carboxylic acids is 1. The molecule has 1 fully saturated rings. The van der Waals surface area contributed by atoms with E-state index in [1.807, 2.05) is 4.90 Å². The van der Waals surface area contributed by atoms with E-state index >= 15 is 0 Å². The summed E-state index contributed by atoms with van der Waals surface area (Å²) in [5.74, 6) is 0.200. The van der Waals surface area contributed by atoms with Crippen molar-refractivity contribution < 1.29 is 9.53 Å². The topological polar surface area (TPSA) is 41.6 Å². The first kappa shape index (κ1) is 16.0. The van der Waals surface area contributed by atoms with Crippen LogP contribution < -0.4 is 5.32 Å². The van der Waals surface area contributed by atoms with Gasteiger partial charge < -0.3 is 9.64 Å². The maximum Gasteiger partial charge on any atom is 0.241 e. The first-order valence-electron chi connectivity index (χ1n) is 7.79. The Labute approximate surface area is 127 Å². The van der Waals surface area contributed by atoms with E-state index < -0.39 is 0 Å². The molecule has 2 rings (SSSR count). The number of rotatable bonds is 7. The number of amides is 1. The molecule has 1 heterocycles. The zero-order chi connectivity index (χ0) is 15.2. The number of hydrogen-bond acceptors (Lipinski definition) is 3. The molecule has 2 unspecified atom stereocenters. The monoisotopic (exact) mass is 290 g/mol. The second-order valence-electron chi connectivity index (χ2n) is 5.70. The minimum Gasteiger partial charge on any atom is -0.383 e.